The Bertz CT molecular complexity index is 732. The number of aryl methyl sites for hydroxylation is 1. The first-order chi connectivity index (χ1) is 9.44. The number of nitrogens with one attached hydrogen (secondary N) is 1. The van der Waals surface area contributed by atoms with Gasteiger partial charge >= 0.3 is 0 Å². The summed E-state index contributed by atoms with van der Waals surface area (Å²) in [6.45, 7) is 1.83. The van der Waals surface area contributed by atoms with Crippen LogP contribution in [-0.2, 0) is 10.0 Å². The molecule has 1 N–H and O–H groups in total. The average Bonchev–Trinajstić information content (AvgIpc) is 2.38. The van der Waals surface area contributed by atoms with Crippen molar-refractivity contribution < 1.29 is 13.2 Å². The minimum atomic E-state index is -3.77. The van der Waals surface area contributed by atoms with E-state index in [1.54, 1.807) is 25.3 Å². The maximum absolute atomic E-state index is 12.2. The van der Waals surface area contributed by atoms with E-state index in [0.29, 0.717) is 11.4 Å². The van der Waals surface area contributed by atoms with Crippen LogP contribution < -0.4 is 9.46 Å². The molecule has 1 heterocycles. The van der Waals surface area contributed by atoms with Crippen LogP contribution in [0.3, 0.4) is 0 Å². The molecule has 106 valence electrons. The molecule has 0 radical (unpaired) electrons. The summed E-state index contributed by atoms with van der Waals surface area (Å²) in [7, 11) is -2.21. The van der Waals surface area contributed by atoms with Crippen LogP contribution in [0.2, 0.25) is 5.02 Å². The molecule has 0 aliphatic rings. The minimum Gasteiger partial charge on any atom is -0.496 e. The molecule has 0 spiro atoms. The number of hydrogen-bond acceptors (Lipinski definition) is 4. The van der Waals surface area contributed by atoms with Crippen molar-refractivity contribution in [1.29, 1.82) is 0 Å². The molecule has 20 heavy (non-hydrogen) atoms. The fourth-order valence-corrected chi connectivity index (χ4v) is 3.19. The second-order valence-corrected chi connectivity index (χ2v) is 6.15. The van der Waals surface area contributed by atoms with Crippen molar-refractivity contribution in [3.63, 3.8) is 0 Å². The van der Waals surface area contributed by atoms with Crippen LogP contribution in [0.5, 0.6) is 5.75 Å². The predicted octanol–water partition coefficient (Wildman–Crippen LogP) is 2.85. The second kappa shape index (κ2) is 5.68. The molecule has 0 aliphatic heterocycles. The van der Waals surface area contributed by atoms with Crippen LogP contribution in [-0.4, -0.2) is 20.5 Å². The van der Waals surface area contributed by atoms with Gasteiger partial charge in [-0.05, 0) is 36.8 Å². The Balaban J connectivity index is 2.34. The van der Waals surface area contributed by atoms with E-state index < -0.39 is 10.0 Å². The van der Waals surface area contributed by atoms with E-state index >= 15 is 0 Å². The lowest BCUT2D eigenvalue weighted by molar-refractivity contribution is 0.412. The van der Waals surface area contributed by atoms with Gasteiger partial charge in [0.15, 0.2) is 0 Å². The number of ether oxygens (including phenoxy) is 1. The van der Waals surface area contributed by atoms with Crippen LogP contribution in [0, 0.1) is 6.92 Å². The zero-order valence-corrected chi connectivity index (χ0v) is 12.5. The summed E-state index contributed by atoms with van der Waals surface area (Å²) in [5.74, 6) is 0.687. The number of sulfonamides is 1. The number of aromatic nitrogens is 1. The lowest BCUT2D eigenvalue weighted by Crippen LogP contribution is -2.13. The summed E-state index contributed by atoms with van der Waals surface area (Å²) < 4.78 is 32.0. The van der Waals surface area contributed by atoms with Crippen LogP contribution in [0.25, 0.3) is 0 Å². The molecule has 0 bridgehead atoms. The normalized spacial score (nSPS) is 11.2. The zero-order valence-electron chi connectivity index (χ0n) is 10.9. The van der Waals surface area contributed by atoms with Crippen molar-refractivity contribution >= 4 is 27.3 Å². The summed E-state index contributed by atoms with van der Waals surface area (Å²) in [4.78, 5) is 3.71. The molecule has 1 aromatic carbocycles. The van der Waals surface area contributed by atoms with E-state index in [0.717, 1.165) is 5.56 Å². The van der Waals surface area contributed by atoms with Gasteiger partial charge in [-0.25, -0.2) is 8.42 Å². The maximum atomic E-state index is 12.2. The Kier molecular flexibility index (Phi) is 4.15. The molecular weight excluding hydrogens is 300 g/mol. The standard InChI is InChI=1S/C13H13ClN2O3S/c1-9-7-10(3-4-12(9)19-2)16-20(17,18)13-8-15-6-5-11(13)14/h3-8,16H,1-2H3. The van der Waals surface area contributed by atoms with Gasteiger partial charge < -0.3 is 4.74 Å². The van der Waals surface area contributed by atoms with E-state index in [9.17, 15) is 8.42 Å². The number of halogens is 1. The van der Waals surface area contributed by atoms with Gasteiger partial charge in [0.2, 0.25) is 0 Å². The Hall–Kier alpha value is -1.79. The highest BCUT2D eigenvalue weighted by Crippen LogP contribution is 2.25. The summed E-state index contributed by atoms with van der Waals surface area (Å²) in [6.07, 6.45) is 2.64. The Labute approximate surface area is 122 Å². The molecule has 0 atom stereocenters. The molecule has 5 nitrogen and oxygen atoms in total. The third-order valence-corrected chi connectivity index (χ3v) is 4.52. The average molecular weight is 313 g/mol. The molecule has 0 unspecified atom stereocenters. The summed E-state index contributed by atoms with van der Waals surface area (Å²) in [5.41, 5.74) is 1.26. The van der Waals surface area contributed by atoms with Crippen molar-refractivity contribution in [3.8, 4) is 5.75 Å². The van der Waals surface area contributed by atoms with Gasteiger partial charge in [-0.1, -0.05) is 11.6 Å². The van der Waals surface area contributed by atoms with E-state index in [1.807, 2.05) is 6.92 Å². The van der Waals surface area contributed by atoms with Gasteiger partial charge in [0.25, 0.3) is 10.0 Å². The third-order valence-electron chi connectivity index (χ3n) is 2.67. The van der Waals surface area contributed by atoms with Gasteiger partial charge in [-0.3, -0.25) is 9.71 Å². The van der Waals surface area contributed by atoms with Crippen molar-refractivity contribution in [3.05, 3.63) is 47.2 Å². The summed E-state index contributed by atoms with van der Waals surface area (Å²) in [5, 5.41) is 0.123. The van der Waals surface area contributed by atoms with Gasteiger partial charge in [0.1, 0.15) is 10.6 Å². The smallest absolute Gasteiger partial charge is 0.264 e. The number of benzene rings is 1. The highest BCUT2D eigenvalue weighted by atomic mass is 35.5. The molecule has 2 aromatic rings. The van der Waals surface area contributed by atoms with Crippen LogP contribution in [0.4, 0.5) is 5.69 Å². The van der Waals surface area contributed by atoms with E-state index in [4.69, 9.17) is 16.3 Å². The van der Waals surface area contributed by atoms with Crippen LogP contribution in [0.1, 0.15) is 5.56 Å². The number of methoxy groups -OCH3 is 1. The SMILES string of the molecule is COc1ccc(NS(=O)(=O)c2cnccc2Cl)cc1C. The minimum absolute atomic E-state index is 0.0601. The molecule has 0 fully saturated rings. The second-order valence-electron chi connectivity index (χ2n) is 4.10. The molecule has 2 rings (SSSR count). The topological polar surface area (TPSA) is 68.3 Å². The fourth-order valence-electron chi connectivity index (χ4n) is 1.71. The Morgan fingerprint density at radius 3 is 2.65 bits per heavy atom. The number of nitrogens with zero attached hydrogens (tertiary/aromatic N) is 1. The number of rotatable bonds is 4. The predicted molar refractivity (Wildman–Crippen MR) is 77.8 cm³/mol. The number of anilines is 1. The Morgan fingerprint density at radius 1 is 1.30 bits per heavy atom. The quantitative estimate of drug-likeness (QED) is 0.942. The van der Waals surface area contributed by atoms with Gasteiger partial charge in [0.05, 0.1) is 12.1 Å². The monoisotopic (exact) mass is 312 g/mol. The lowest BCUT2D eigenvalue weighted by atomic mass is 10.2. The van der Waals surface area contributed by atoms with E-state index in [1.165, 1.54) is 18.5 Å². The van der Waals surface area contributed by atoms with Crippen molar-refractivity contribution in [2.24, 2.45) is 0 Å². The van der Waals surface area contributed by atoms with Crippen LogP contribution in [0.15, 0.2) is 41.6 Å². The van der Waals surface area contributed by atoms with E-state index in [2.05, 4.69) is 9.71 Å². The third kappa shape index (κ3) is 3.02. The maximum Gasteiger partial charge on any atom is 0.264 e. The van der Waals surface area contributed by atoms with Crippen molar-refractivity contribution in [2.45, 2.75) is 11.8 Å². The molecule has 0 saturated heterocycles. The molecule has 0 saturated carbocycles. The first kappa shape index (κ1) is 14.6. The largest absolute Gasteiger partial charge is 0.496 e. The summed E-state index contributed by atoms with van der Waals surface area (Å²) >= 11 is 5.87. The Morgan fingerprint density at radius 2 is 2.05 bits per heavy atom. The first-order valence-corrected chi connectivity index (χ1v) is 7.57. The fraction of sp³-hybridized carbons (Fsp3) is 0.154. The lowest BCUT2D eigenvalue weighted by Gasteiger charge is -2.11. The molecule has 0 amide bonds. The first-order valence-electron chi connectivity index (χ1n) is 5.71. The van der Waals surface area contributed by atoms with Crippen molar-refractivity contribution in [2.75, 3.05) is 11.8 Å². The summed E-state index contributed by atoms with van der Waals surface area (Å²) in [6, 6.07) is 6.42. The van der Waals surface area contributed by atoms with Gasteiger partial charge in [-0.15, -0.1) is 0 Å². The molecule has 0 aliphatic carbocycles. The zero-order chi connectivity index (χ0) is 14.8. The molecular formula is C13H13ClN2O3S. The molecule has 1 aromatic heterocycles. The van der Waals surface area contributed by atoms with Crippen molar-refractivity contribution in [1.82, 2.24) is 4.98 Å². The van der Waals surface area contributed by atoms with Gasteiger partial charge in [0, 0.05) is 18.1 Å². The number of hydrogen-bond donors (Lipinski definition) is 1. The highest BCUT2D eigenvalue weighted by Gasteiger charge is 2.18. The van der Waals surface area contributed by atoms with Crippen LogP contribution >= 0.6 is 11.6 Å². The molecule has 7 heteroatoms. The van der Waals surface area contributed by atoms with E-state index in [-0.39, 0.29) is 9.92 Å². The van der Waals surface area contributed by atoms with Gasteiger partial charge in [-0.2, -0.15) is 0 Å². The highest BCUT2D eigenvalue weighted by molar-refractivity contribution is 7.92. The number of pyridine rings is 1.